The maximum atomic E-state index is 8.50. The fourth-order valence-electron chi connectivity index (χ4n) is 0.670. The van der Waals surface area contributed by atoms with E-state index in [1.54, 1.807) is 6.92 Å². The van der Waals surface area contributed by atoms with Crippen molar-refractivity contribution in [3.8, 4) is 6.07 Å². The molecule has 11 heavy (non-hydrogen) atoms. The third-order valence-electron chi connectivity index (χ3n) is 1.33. The summed E-state index contributed by atoms with van der Waals surface area (Å²) in [7, 11) is 5.49. The second-order valence-corrected chi connectivity index (χ2v) is 2.47. The van der Waals surface area contributed by atoms with Crippen molar-refractivity contribution in [1.82, 2.24) is 4.98 Å². The van der Waals surface area contributed by atoms with Crippen molar-refractivity contribution in [3.05, 3.63) is 22.5 Å². The van der Waals surface area contributed by atoms with E-state index < -0.39 is 0 Å². The Labute approximate surface area is 71.2 Å². The van der Waals surface area contributed by atoms with Crippen LogP contribution >= 0.6 is 11.6 Å². The predicted molar refractivity (Wildman–Crippen MR) is 44.1 cm³/mol. The molecule has 2 nitrogen and oxygen atoms in total. The lowest BCUT2D eigenvalue weighted by molar-refractivity contribution is 1.21. The maximum Gasteiger partial charge on any atom is 0.147 e. The molecule has 0 N–H and O–H groups in total. The first-order valence-electron chi connectivity index (χ1n) is 2.98. The van der Waals surface area contributed by atoms with Crippen molar-refractivity contribution < 1.29 is 0 Å². The average molecular weight is 162 g/mol. The minimum absolute atomic E-state index is 0.208. The molecule has 0 saturated carbocycles. The van der Waals surface area contributed by atoms with Crippen molar-refractivity contribution in [3.63, 3.8) is 0 Å². The minimum Gasteiger partial charge on any atom is -0.241 e. The minimum atomic E-state index is 0.208. The summed E-state index contributed by atoms with van der Waals surface area (Å²) in [5, 5.41) is 8.71. The molecule has 0 fully saturated rings. The third-order valence-corrected chi connectivity index (χ3v) is 1.61. The first kappa shape index (κ1) is 8.09. The Morgan fingerprint density at radius 3 is 2.91 bits per heavy atom. The molecule has 1 aromatic rings. The van der Waals surface area contributed by atoms with Gasteiger partial charge in [0, 0.05) is 5.69 Å². The first-order valence-corrected chi connectivity index (χ1v) is 3.35. The molecule has 0 aliphatic heterocycles. The molecule has 0 amide bonds. The molecule has 2 radical (unpaired) electrons. The Hall–Kier alpha value is -1.01. The number of halogens is 1. The molecular weight excluding hydrogens is 158 g/mol. The van der Waals surface area contributed by atoms with E-state index in [2.05, 4.69) is 4.98 Å². The van der Waals surface area contributed by atoms with Crippen molar-refractivity contribution in [2.24, 2.45) is 0 Å². The van der Waals surface area contributed by atoms with Crippen molar-refractivity contribution in [2.45, 2.75) is 6.92 Å². The van der Waals surface area contributed by atoms with Gasteiger partial charge in [-0.2, -0.15) is 5.26 Å². The van der Waals surface area contributed by atoms with Gasteiger partial charge >= 0.3 is 0 Å². The van der Waals surface area contributed by atoms with E-state index in [0.29, 0.717) is 16.7 Å². The highest BCUT2D eigenvalue weighted by atomic mass is 35.5. The van der Waals surface area contributed by atoms with Crippen LogP contribution in [0.1, 0.15) is 11.3 Å². The number of aromatic nitrogens is 1. The van der Waals surface area contributed by atoms with Gasteiger partial charge in [-0.3, -0.25) is 0 Å². The van der Waals surface area contributed by atoms with Gasteiger partial charge in [0.05, 0.1) is 5.56 Å². The van der Waals surface area contributed by atoms with Gasteiger partial charge in [-0.1, -0.05) is 17.1 Å². The summed E-state index contributed by atoms with van der Waals surface area (Å²) < 4.78 is 0. The highest BCUT2D eigenvalue weighted by Gasteiger charge is 2.02. The lowest BCUT2D eigenvalue weighted by atomic mass is 9.94. The van der Waals surface area contributed by atoms with E-state index in [9.17, 15) is 0 Å². The van der Waals surface area contributed by atoms with E-state index in [4.69, 9.17) is 24.7 Å². The van der Waals surface area contributed by atoms with Gasteiger partial charge in [-0.05, 0) is 13.0 Å². The van der Waals surface area contributed by atoms with Crippen LogP contribution < -0.4 is 5.46 Å². The van der Waals surface area contributed by atoms with Crippen LogP contribution in [0.25, 0.3) is 0 Å². The number of hydrogen-bond donors (Lipinski definition) is 0. The summed E-state index contributed by atoms with van der Waals surface area (Å²) in [5.74, 6) is 0. The number of pyridine rings is 1. The quantitative estimate of drug-likeness (QED) is 0.416. The summed E-state index contributed by atoms with van der Waals surface area (Å²) in [6.45, 7) is 1.74. The molecule has 4 heteroatoms. The summed E-state index contributed by atoms with van der Waals surface area (Å²) in [6.07, 6.45) is 0. The smallest absolute Gasteiger partial charge is 0.147 e. The second-order valence-electron chi connectivity index (χ2n) is 2.11. The Morgan fingerprint density at radius 1 is 1.73 bits per heavy atom. The van der Waals surface area contributed by atoms with E-state index in [-0.39, 0.29) is 5.15 Å². The van der Waals surface area contributed by atoms with Gasteiger partial charge in [-0.25, -0.2) is 4.98 Å². The van der Waals surface area contributed by atoms with Crippen LogP contribution in [0.5, 0.6) is 0 Å². The molecule has 1 heterocycles. The monoisotopic (exact) mass is 162 g/mol. The Morgan fingerprint density at radius 2 is 2.36 bits per heavy atom. The molecule has 0 unspecified atom stereocenters. The molecular formula is C7H4BClN2. The predicted octanol–water partition coefficient (Wildman–Crippen LogP) is 0.709. The first-order chi connectivity index (χ1) is 5.15. The normalized spacial score (nSPS) is 9.18. The standard InChI is InChI=1S/C7H4BClN2/c1-4-6(8)2-5(3-10)7(9)11-4/h2H,1H3. The second kappa shape index (κ2) is 2.94. The molecule has 0 saturated heterocycles. The molecule has 52 valence electrons. The highest BCUT2D eigenvalue weighted by molar-refractivity contribution is 6.34. The van der Waals surface area contributed by atoms with Crippen molar-refractivity contribution >= 4 is 24.9 Å². The fourth-order valence-corrected chi connectivity index (χ4v) is 0.894. The molecule has 0 aromatic carbocycles. The summed E-state index contributed by atoms with van der Waals surface area (Å²) in [4.78, 5) is 3.86. The van der Waals surface area contributed by atoms with Crippen LogP contribution in [-0.2, 0) is 0 Å². The molecule has 0 atom stereocenters. The summed E-state index contributed by atoms with van der Waals surface area (Å²) in [5.41, 5.74) is 1.45. The Balaban J connectivity index is 3.35. The van der Waals surface area contributed by atoms with Gasteiger partial charge in [0.1, 0.15) is 19.1 Å². The molecule has 0 aliphatic carbocycles. The number of hydrogen-bond acceptors (Lipinski definition) is 2. The van der Waals surface area contributed by atoms with Crippen molar-refractivity contribution in [2.75, 3.05) is 0 Å². The van der Waals surface area contributed by atoms with Crippen LogP contribution in [0.3, 0.4) is 0 Å². The zero-order valence-electron chi connectivity index (χ0n) is 5.93. The molecule has 1 aromatic heterocycles. The lowest BCUT2D eigenvalue weighted by Gasteiger charge is -2.00. The lowest BCUT2D eigenvalue weighted by Crippen LogP contribution is -2.10. The van der Waals surface area contributed by atoms with Crippen LogP contribution in [-0.4, -0.2) is 12.8 Å². The molecule has 1 rings (SSSR count). The van der Waals surface area contributed by atoms with Gasteiger partial charge in [0.25, 0.3) is 0 Å². The van der Waals surface area contributed by atoms with Gasteiger partial charge < -0.3 is 0 Å². The van der Waals surface area contributed by atoms with Gasteiger partial charge in [-0.15, -0.1) is 0 Å². The Kier molecular flexibility index (Phi) is 2.16. The van der Waals surface area contributed by atoms with Crippen LogP contribution in [0.15, 0.2) is 6.07 Å². The van der Waals surface area contributed by atoms with Gasteiger partial charge in [0.2, 0.25) is 0 Å². The van der Waals surface area contributed by atoms with Crippen LogP contribution in [0, 0.1) is 18.3 Å². The van der Waals surface area contributed by atoms with E-state index >= 15 is 0 Å². The zero-order valence-corrected chi connectivity index (χ0v) is 6.68. The van der Waals surface area contributed by atoms with E-state index in [0.717, 1.165) is 0 Å². The van der Waals surface area contributed by atoms with Crippen LogP contribution in [0.4, 0.5) is 0 Å². The number of rotatable bonds is 0. The largest absolute Gasteiger partial charge is 0.241 e. The zero-order chi connectivity index (χ0) is 8.43. The van der Waals surface area contributed by atoms with E-state index in [1.807, 2.05) is 6.07 Å². The van der Waals surface area contributed by atoms with E-state index in [1.165, 1.54) is 6.07 Å². The third kappa shape index (κ3) is 1.52. The van der Waals surface area contributed by atoms with Crippen LogP contribution in [0.2, 0.25) is 5.15 Å². The maximum absolute atomic E-state index is 8.50. The Bertz CT molecular complexity index is 330. The average Bonchev–Trinajstić information content (AvgIpc) is 1.97. The topological polar surface area (TPSA) is 36.7 Å². The van der Waals surface area contributed by atoms with Gasteiger partial charge in [0.15, 0.2) is 0 Å². The molecule has 0 spiro atoms. The molecule has 0 bridgehead atoms. The summed E-state index contributed by atoms with van der Waals surface area (Å²) in [6, 6.07) is 3.41. The fraction of sp³-hybridized carbons (Fsp3) is 0.143. The SMILES string of the molecule is [B]c1cc(C#N)c(Cl)nc1C. The number of nitriles is 1. The number of aryl methyl sites for hydroxylation is 1. The number of nitrogens with zero attached hydrogens (tertiary/aromatic N) is 2. The summed E-state index contributed by atoms with van der Waals surface area (Å²) >= 11 is 5.61. The highest BCUT2D eigenvalue weighted by Crippen LogP contribution is 2.09. The molecule has 0 aliphatic rings. The van der Waals surface area contributed by atoms with Crippen molar-refractivity contribution in [1.29, 1.82) is 5.26 Å².